The van der Waals surface area contributed by atoms with Gasteiger partial charge in [0.05, 0.1) is 12.3 Å². The van der Waals surface area contributed by atoms with Crippen LogP contribution in [-0.2, 0) is 19.3 Å². The van der Waals surface area contributed by atoms with E-state index in [-0.39, 0.29) is 17.4 Å². The maximum atomic E-state index is 12.1. The Morgan fingerprint density at radius 3 is 2.29 bits per heavy atom. The number of thiophene rings is 1. The number of carbonyl (C=O) groups is 1. The number of rotatable bonds is 5. The van der Waals surface area contributed by atoms with Gasteiger partial charge in [-0.1, -0.05) is 13.8 Å². The highest BCUT2D eigenvalue weighted by Gasteiger charge is 2.39. The number of esters is 1. The molecule has 5 nitrogen and oxygen atoms in total. The zero-order valence-corrected chi connectivity index (χ0v) is 14.9. The first kappa shape index (κ1) is 18.0. The van der Waals surface area contributed by atoms with Crippen molar-refractivity contribution in [2.45, 2.75) is 45.3 Å². The highest BCUT2D eigenvalue weighted by Crippen LogP contribution is 2.45. The summed E-state index contributed by atoms with van der Waals surface area (Å²) in [5.41, 5.74) is 7.15. The predicted octanol–water partition coefficient (Wildman–Crippen LogP) is 2.91. The summed E-state index contributed by atoms with van der Waals surface area (Å²) in [6.07, 6.45) is 1.19. The average Bonchev–Trinajstić information content (AvgIpc) is 2.66. The number of nitrogens with two attached hydrogens (primary N) is 1. The molecule has 0 fully saturated rings. The van der Waals surface area contributed by atoms with Crippen molar-refractivity contribution in [3.63, 3.8) is 0 Å². The van der Waals surface area contributed by atoms with Crippen molar-refractivity contribution in [3.8, 4) is 0 Å². The fraction of sp³-hybridized carbons (Fsp3) is 0.643. The molecule has 0 spiro atoms. The van der Waals surface area contributed by atoms with E-state index in [4.69, 9.17) is 10.5 Å². The molecule has 1 aromatic heterocycles. The van der Waals surface area contributed by atoms with Crippen LogP contribution in [0.3, 0.4) is 0 Å². The van der Waals surface area contributed by atoms with E-state index in [2.05, 4.69) is 0 Å². The molecule has 21 heavy (non-hydrogen) atoms. The third-order valence-corrected chi connectivity index (χ3v) is 7.21. The van der Waals surface area contributed by atoms with E-state index >= 15 is 0 Å². The minimum Gasteiger partial charge on any atom is -0.462 e. The van der Waals surface area contributed by atoms with Crippen LogP contribution < -0.4 is 5.73 Å². The van der Waals surface area contributed by atoms with Gasteiger partial charge in [-0.05, 0) is 32.3 Å². The molecule has 0 unspecified atom stereocenters. The van der Waals surface area contributed by atoms with Crippen molar-refractivity contribution in [2.24, 2.45) is 0 Å². The number of nitrogen functional groups attached to an aromatic ring is 1. The largest absolute Gasteiger partial charge is 0.462 e. The van der Waals surface area contributed by atoms with Crippen molar-refractivity contribution < 1.29 is 17.9 Å². The summed E-state index contributed by atoms with van der Waals surface area (Å²) in [6.45, 7) is 9.08. The maximum absolute atomic E-state index is 12.1. The summed E-state index contributed by atoms with van der Waals surface area (Å²) in [7, 11) is -3.35. The van der Waals surface area contributed by atoms with E-state index in [0.29, 0.717) is 10.6 Å². The van der Waals surface area contributed by atoms with Crippen molar-refractivity contribution in [3.05, 3.63) is 15.3 Å². The van der Waals surface area contributed by atoms with Crippen LogP contribution in [0.2, 0.25) is 0 Å². The molecular formula is C14H23NO4S2. The molecule has 0 amide bonds. The Morgan fingerprint density at radius 2 is 1.90 bits per heavy atom. The van der Waals surface area contributed by atoms with Crippen LogP contribution in [0.5, 0.6) is 0 Å². The van der Waals surface area contributed by atoms with Gasteiger partial charge in [0.2, 0.25) is 0 Å². The van der Waals surface area contributed by atoms with E-state index in [1.54, 1.807) is 20.8 Å². The molecule has 120 valence electrons. The Bertz CT molecular complexity index is 642. The van der Waals surface area contributed by atoms with Gasteiger partial charge >= 0.3 is 5.97 Å². The number of hydrogen-bond donors (Lipinski definition) is 1. The molecule has 0 saturated heterocycles. The van der Waals surface area contributed by atoms with Gasteiger partial charge in [-0.25, -0.2) is 13.2 Å². The normalized spacial score (nSPS) is 12.7. The standard InChI is InChI=1S/C14H23NO4S2/c1-7-19-13(16)11-10(15)9(8(2)3)12(20-11)14(4,5)21(6,17)18/h8H,7,15H2,1-6H3. The summed E-state index contributed by atoms with van der Waals surface area (Å²) < 4.78 is 28.1. The molecule has 0 aliphatic rings. The summed E-state index contributed by atoms with van der Waals surface area (Å²) in [4.78, 5) is 12.9. The molecule has 0 aliphatic carbocycles. The number of sulfone groups is 1. The molecule has 1 rings (SSSR count). The second-order valence-corrected chi connectivity index (χ2v) is 9.33. The molecule has 0 aromatic carbocycles. The van der Waals surface area contributed by atoms with Gasteiger partial charge in [-0.2, -0.15) is 0 Å². The van der Waals surface area contributed by atoms with E-state index < -0.39 is 20.6 Å². The first-order chi connectivity index (χ1) is 9.45. The second-order valence-electron chi connectivity index (χ2n) is 5.75. The number of hydrogen-bond acceptors (Lipinski definition) is 6. The third kappa shape index (κ3) is 3.23. The van der Waals surface area contributed by atoms with E-state index in [1.807, 2.05) is 13.8 Å². The smallest absolute Gasteiger partial charge is 0.350 e. The lowest BCUT2D eigenvalue weighted by atomic mass is 9.96. The second kappa shape index (κ2) is 5.96. The first-order valence-electron chi connectivity index (χ1n) is 6.74. The van der Waals surface area contributed by atoms with E-state index in [0.717, 1.165) is 16.9 Å². The summed E-state index contributed by atoms with van der Waals surface area (Å²) in [6, 6.07) is 0. The van der Waals surface area contributed by atoms with Crippen LogP contribution in [0.25, 0.3) is 0 Å². The number of carbonyl (C=O) groups excluding carboxylic acids is 1. The summed E-state index contributed by atoms with van der Waals surface area (Å²) >= 11 is 1.12. The zero-order chi connectivity index (χ0) is 16.6. The van der Waals surface area contributed by atoms with Crippen molar-refractivity contribution in [2.75, 3.05) is 18.6 Å². The van der Waals surface area contributed by atoms with Crippen LogP contribution in [-0.4, -0.2) is 27.2 Å². The highest BCUT2D eigenvalue weighted by molar-refractivity contribution is 7.91. The molecular weight excluding hydrogens is 310 g/mol. The molecule has 7 heteroatoms. The average molecular weight is 333 g/mol. The predicted molar refractivity (Wildman–Crippen MR) is 86.6 cm³/mol. The fourth-order valence-electron chi connectivity index (χ4n) is 1.99. The van der Waals surface area contributed by atoms with E-state index in [1.165, 1.54) is 6.26 Å². The topological polar surface area (TPSA) is 86.5 Å². The number of ether oxygens (including phenoxy) is 1. The molecule has 2 N–H and O–H groups in total. The molecule has 0 bridgehead atoms. The summed E-state index contributed by atoms with van der Waals surface area (Å²) in [5.74, 6) is -0.488. The molecule has 0 radical (unpaired) electrons. The first-order valence-corrected chi connectivity index (χ1v) is 9.45. The Labute approximate surface area is 130 Å². The van der Waals surface area contributed by atoms with Gasteiger partial charge in [-0.15, -0.1) is 11.3 Å². The fourth-order valence-corrected chi connectivity index (χ4v) is 4.29. The van der Waals surface area contributed by atoms with Gasteiger partial charge in [0, 0.05) is 11.1 Å². The third-order valence-electron chi connectivity index (χ3n) is 3.50. The van der Waals surface area contributed by atoms with Crippen LogP contribution >= 0.6 is 11.3 Å². The van der Waals surface area contributed by atoms with E-state index in [9.17, 15) is 13.2 Å². The molecule has 0 saturated carbocycles. The maximum Gasteiger partial charge on any atom is 0.350 e. The Balaban J connectivity index is 3.61. The molecule has 0 aliphatic heterocycles. The monoisotopic (exact) mass is 333 g/mol. The van der Waals surface area contributed by atoms with Crippen LogP contribution in [0.15, 0.2) is 0 Å². The Hall–Kier alpha value is -1.08. The molecule has 1 heterocycles. The minimum atomic E-state index is -3.35. The van der Waals surface area contributed by atoms with Crippen LogP contribution in [0.4, 0.5) is 5.69 Å². The van der Waals surface area contributed by atoms with Gasteiger partial charge in [0.1, 0.15) is 9.62 Å². The lowest BCUT2D eigenvalue weighted by Gasteiger charge is -2.24. The van der Waals surface area contributed by atoms with Crippen LogP contribution in [0, 0.1) is 0 Å². The van der Waals surface area contributed by atoms with Crippen molar-refractivity contribution in [1.82, 2.24) is 0 Å². The quantitative estimate of drug-likeness (QED) is 0.837. The SMILES string of the molecule is CCOC(=O)c1sc(C(C)(C)S(C)(=O)=O)c(C(C)C)c1N. The number of anilines is 1. The van der Waals surface area contributed by atoms with Crippen molar-refractivity contribution in [1.29, 1.82) is 0 Å². The zero-order valence-electron chi connectivity index (χ0n) is 13.3. The summed E-state index contributed by atoms with van der Waals surface area (Å²) in [5, 5.41) is 0. The van der Waals surface area contributed by atoms with Crippen molar-refractivity contribution >= 4 is 32.8 Å². The van der Waals surface area contributed by atoms with Gasteiger partial charge in [0.15, 0.2) is 9.84 Å². The lowest BCUT2D eigenvalue weighted by Crippen LogP contribution is -2.28. The molecule has 0 atom stereocenters. The van der Waals surface area contributed by atoms with Gasteiger partial charge in [-0.3, -0.25) is 0 Å². The molecule has 1 aromatic rings. The minimum absolute atomic E-state index is 0.0143. The van der Waals surface area contributed by atoms with Gasteiger partial charge in [0.25, 0.3) is 0 Å². The Morgan fingerprint density at radius 1 is 1.38 bits per heavy atom. The highest BCUT2D eigenvalue weighted by atomic mass is 32.2. The lowest BCUT2D eigenvalue weighted by molar-refractivity contribution is 0.0533. The van der Waals surface area contributed by atoms with Gasteiger partial charge < -0.3 is 10.5 Å². The Kier molecular flexibility index (Phi) is 5.10. The van der Waals surface area contributed by atoms with Crippen LogP contribution in [0.1, 0.15) is 60.6 Å².